The first-order valence-corrected chi connectivity index (χ1v) is 13.3. The van der Waals surface area contributed by atoms with Crippen molar-refractivity contribution in [1.29, 1.82) is 0 Å². The Balaban J connectivity index is 4.80. The van der Waals surface area contributed by atoms with Crippen LogP contribution in [0.3, 0.4) is 0 Å². The van der Waals surface area contributed by atoms with Crippen LogP contribution < -0.4 is 0 Å². The number of unbranched alkanes of at least 4 members (excludes halogenated alkanes) is 9. The molecular formula is C26H33F15O2. The van der Waals surface area contributed by atoms with E-state index in [0.29, 0.717) is 12.8 Å². The third-order valence-corrected chi connectivity index (χ3v) is 6.16. The van der Waals surface area contributed by atoms with Gasteiger partial charge in [0.25, 0.3) is 0 Å². The molecule has 0 aliphatic carbocycles. The molecule has 0 aromatic heterocycles. The Hall–Kier alpha value is -2.10. The number of esters is 1. The third kappa shape index (κ3) is 9.69. The number of hydrogen-bond acceptors (Lipinski definition) is 2. The fraction of sp³-hybridized carbons (Fsp3) is 0.808. The highest BCUT2D eigenvalue weighted by molar-refractivity contribution is 5.79. The van der Waals surface area contributed by atoms with Gasteiger partial charge < -0.3 is 4.74 Å². The maximum atomic E-state index is 13.7. The van der Waals surface area contributed by atoms with Crippen molar-refractivity contribution < 1.29 is 75.4 Å². The lowest BCUT2D eigenvalue weighted by Gasteiger charge is -2.40. The van der Waals surface area contributed by atoms with Crippen LogP contribution in [0.1, 0.15) is 84.0 Å². The van der Waals surface area contributed by atoms with E-state index in [0.717, 1.165) is 44.9 Å². The first-order chi connectivity index (χ1) is 19.5. The van der Waals surface area contributed by atoms with Crippen molar-refractivity contribution in [3.63, 3.8) is 0 Å². The molecule has 0 aromatic rings. The molecule has 0 saturated heterocycles. The zero-order valence-corrected chi connectivity index (χ0v) is 23.0. The van der Waals surface area contributed by atoms with Crippen LogP contribution >= 0.6 is 0 Å². The molecule has 0 heterocycles. The van der Waals surface area contributed by atoms with Crippen LogP contribution in [-0.4, -0.2) is 54.3 Å². The minimum absolute atomic E-state index is 0.140. The summed E-state index contributed by atoms with van der Waals surface area (Å²) in [5.74, 6) is -51.7. The summed E-state index contributed by atoms with van der Waals surface area (Å²) in [7, 11) is 0. The monoisotopic (exact) mass is 662 g/mol. The molecular weight excluding hydrogens is 629 g/mol. The Labute approximate surface area is 238 Å². The number of carbonyl (C=O) groups is 1. The molecule has 0 radical (unpaired) electrons. The van der Waals surface area contributed by atoms with Gasteiger partial charge in [-0.3, -0.25) is 0 Å². The number of allylic oxidation sites excluding steroid dienone is 4. The molecule has 0 spiro atoms. The summed E-state index contributed by atoms with van der Waals surface area (Å²) in [5, 5.41) is 0. The van der Waals surface area contributed by atoms with E-state index in [1.54, 1.807) is 0 Å². The molecule has 0 unspecified atom stereocenters. The van der Waals surface area contributed by atoms with Crippen molar-refractivity contribution in [2.75, 3.05) is 6.61 Å². The smallest absolute Gasteiger partial charge is 0.460 e. The Morgan fingerprint density at radius 3 is 1.37 bits per heavy atom. The first kappa shape index (κ1) is 40.9. The highest BCUT2D eigenvalue weighted by Gasteiger charge is 2.94. The van der Waals surface area contributed by atoms with Gasteiger partial charge in [-0.05, 0) is 38.5 Å². The second-order valence-electron chi connectivity index (χ2n) is 9.66. The van der Waals surface area contributed by atoms with Crippen LogP contribution in [0.15, 0.2) is 24.3 Å². The minimum atomic E-state index is -8.44. The zero-order chi connectivity index (χ0) is 33.8. The minimum Gasteiger partial charge on any atom is -0.461 e. The van der Waals surface area contributed by atoms with Crippen LogP contribution in [0.2, 0.25) is 0 Å². The summed E-state index contributed by atoms with van der Waals surface area (Å²) in [5.41, 5.74) is 0. The van der Waals surface area contributed by atoms with Gasteiger partial charge in [-0.25, -0.2) is 4.79 Å². The molecule has 0 bridgehead atoms. The van der Waals surface area contributed by atoms with E-state index in [2.05, 4.69) is 23.8 Å². The van der Waals surface area contributed by atoms with E-state index in [-0.39, 0.29) is 12.8 Å². The molecule has 0 atom stereocenters. The van der Waals surface area contributed by atoms with Gasteiger partial charge in [-0.2, -0.15) is 65.9 Å². The van der Waals surface area contributed by atoms with Crippen LogP contribution in [0.25, 0.3) is 0 Å². The van der Waals surface area contributed by atoms with E-state index >= 15 is 0 Å². The number of ether oxygens (including phenoxy) is 1. The fourth-order valence-corrected chi connectivity index (χ4v) is 3.44. The molecule has 254 valence electrons. The summed E-state index contributed by atoms with van der Waals surface area (Å²) in [4.78, 5) is 11.3. The third-order valence-electron chi connectivity index (χ3n) is 6.16. The Morgan fingerprint density at radius 2 is 0.907 bits per heavy atom. The van der Waals surface area contributed by atoms with Gasteiger partial charge in [0.2, 0.25) is 0 Å². The highest BCUT2D eigenvalue weighted by Crippen LogP contribution is 2.62. The van der Waals surface area contributed by atoms with Crippen LogP contribution in [0.5, 0.6) is 0 Å². The number of rotatable bonds is 21. The lowest BCUT2D eigenvalue weighted by molar-refractivity contribution is -0.450. The van der Waals surface area contributed by atoms with Crippen molar-refractivity contribution in [2.45, 2.75) is 126 Å². The Morgan fingerprint density at radius 1 is 0.512 bits per heavy atom. The molecule has 2 nitrogen and oxygen atoms in total. The molecule has 0 rings (SSSR count). The van der Waals surface area contributed by atoms with E-state index < -0.39 is 54.3 Å². The highest BCUT2D eigenvalue weighted by atomic mass is 19.4. The Kier molecular flexibility index (Phi) is 15.5. The quantitative estimate of drug-likeness (QED) is 0.0529. The largest absolute Gasteiger partial charge is 0.461 e. The molecule has 0 aliphatic rings. The molecule has 0 amide bonds. The Bertz CT molecular complexity index is 893. The number of carbonyl (C=O) groups excluding carboxylic acids is 1. The molecule has 0 aliphatic heterocycles. The van der Waals surface area contributed by atoms with E-state index in [1.165, 1.54) is 6.42 Å². The SMILES string of the molecule is CCCCC/C=C\C/C=C\CCCCCCCCOC(=O)C(F)(F)C(F)(F)C(F)(F)C(F)(F)C(F)(F)C(F)(F)C(F)(F)F. The molecule has 17 heteroatoms. The van der Waals surface area contributed by atoms with Gasteiger partial charge in [-0.15, -0.1) is 0 Å². The van der Waals surface area contributed by atoms with Gasteiger partial charge >= 0.3 is 47.7 Å². The van der Waals surface area contributed by atoms with E-state index in [1.807, 2.05) is 12.2 Å². The summed E-state index contributed by atoms with van der Waals surface area (Å²) in [6.07, 6.45) is 8.83. The van der Waals surface area contributed by atoms with Crippen molar-refractivity contribution in [3.8, 4) is 0 Å². The molecule has 0 fully saturated rings. The number of hydrogen-bond donors (Lipinski definition) is 0. The molecule has 0 aromatic carbocycles. The maximum Gasteiger partial charge on any atom is 0.460 e. The van der Waals surface area contributed by atoms with Gasteiger partial charge in [-0.1, -0.05) is 69.8 Å². The van der Waals surface area contributed by atoms with Crippen molar-refractivity contribution >= 4 is 5.97 Å². The first-order valence-electron chi connectivity index (χ1n) is 13.3. The zero-order valence-electron chi connectivity index (χ0n) is 23.0. The maximum absolute atomic E-state index is 13.7. The van der Waals surface area contributed by atoms with Gasteiger partial charge in [0.1, 0.15) is 0 Å². The lowest BCUT2D eigenvalue weighted by atomic mass is 9.91. The normalized spacial score (nSPS) is 14.7. The van der Waals surface area contributed by atoms with Gasteiger partial charge in [0.05, 0.1) is 6.61 Å². The average Bonchev–Trinajstić information content (AvgIpc) is 2.88. The molecule has 0 saturated carbocycles. The van der Waals surface area contributed by atoms with Crippen molar-refractivity contribution in [3.05, 3.63) is 24.3 Å². The number of alkyl halides is 15. The molecule has 0 N–H and O–H groups in total. The van der Waals surface area contributed by atoms with Crippen molar-refractivity contribution in [2.24, 2.45) is 0 Å². The lowest BCUT2D eigenvalue weighted by Crippen LogP contribution is -2.73. The second kappa shape index (κ2) is 16.3. The van der Waals surface area contributed by atoms with E-state index in [9.17, 15) is 70.7 Å². The van der Waals surface area contributed by atoms with Crippen LogP contribution in [-0.2, 0) is 9.53 Å². The fourth-order valence-electron chi connectivity index (χ4n) is 3.44. The second-order valence-corrected chi connectivity index (χ2v) is 9.66. The van der Waals surface area contributed by atoms with E-state index in [4.69, 9.17) is 0 Å². The van der Waals surface area contributed by atoms with Crippen LogP contribution in [0, 0.1) is 0 Å². The van der Waals surface area contributed by atoms with Crippen molar-refractivity contribution in [1.82, 2.24) is 0 Å². The predicted octanol–water partition coefficient (Wildman–Crippen LogP) is 10.7. The average molecular weight is 663 g/mol. The summed E-state index contributed by atoms with van der Waals surface area (Å²) in [6.45, 7) is 0.975. The topological polar surface area (TPSA) is 26.3 Å². The predicted molar refractivity (Wildman–Crippen MR) is 126 cm³/mol. The number of halogens is 15. The summed E-state index contributed by atoms with van der Waals surface area (Å²) < 4.78 is 201. The van der Waals surface area contributed by atoms with Gasteiger partial charge in [0, 0.05) is 0 Å². The molecule has 43 heavy (non-hydrogen) atoms. The van der Waals surface area contributed by atoms with Gasteiger partial charge in [0.15, 0.2) is 0 Å². The summed E-state index contributed by atoms with van der Waals surface area (Å²) >= 11 is 0. The summed E-state index contributed by atoms with van der Waals surface area (Å²) in [6, 6.07) is 0. The van der Waals surface area contributed by atoms with Crippen LogP contribution in [0.4, 0.5) is 65.9 Å². The standard InChI is InChI=1S/C26H33F15O2/c1-2-3-4-5-6-7-8-9-10-11-12-13-14-15-16-17-18-43-19(42)20(27,28)21(29,30)22(31,32)23(33,34)24(35,36)25(37,38)26(39,40)41/h6-7,9-10H,2-5,8,11-18H2,1H3/b7-6-,10-9-.